The lowest BCUT2D eigenvalue weighted by Gasteiger charge is -2.34. The monoisotopic (exact) mass is 222 g/mol. The Labute approximate surface area is 98.4 Å². The molecule has 3 nitrogen and oxygen atoms in total. The Morgan fingerprint density at radius 1 is 1.44 bits per heavy atom. The van der Waals surface area contributed by atoms with Gasteiger partial charge in [-0.15, -0.1) is 0 Å². The maximum atomic E-state index is 11.8. The van der Waals surface area contributed by atoms with Crippen molar-refractivity contribution >= 4 is 5.91 Å². The van der Waals surface area contributed by atoms with Crippen LogP contribution in [0.1, 0.15) is 46.0 Å². The Hall–Kier alpha value is -1.04. The van der Waals surface area contributed by atoms with Crippen LogP contribution in [-0.4, -0.2) is 23.9 Å². The quantitative estimate of drug-likeness (QED) is 0.736. The van der Waals surface area contributed by atoms with E-state index in [-0.39, 0.29) is 5.91 Å². The predicted molar refractivity (Wildman–Crippen MR) is 63.6 cm³/mol. The second-order valence-corrected chi connectivity index (χ2v) is 4.88. The second kappa shape index (κ2) is 5.89. The van der Waals surface area contributed by atoms with Gasteiger partial charge in [0, 0.05) is 13.1 Å². The summed E-state index contributed by atoms with van der Waals surface area (Å²) in [4.78, 5) is 13.6. The number of hydrogen-bond donors (Lipinski definition) is 0. The van der Waals surface area contributed by atoms with E-state index in [2.05, 4.69) is 6.92 Å². The molecule has 1 rings (SSSR count). The number of amides is 1. The Kier molecular flexibility index (Phi) is 4.79. The number of carbonyl (C=O) groups is 1. The summed E-state index contributed by atoms with van der Waals surface area (Å²) in [5.41, 5.74) is 0. The van der Waals surface area contributed by atoms with Crippen molar-refractivity contribution in [2.75, 3.05) is 7.05 Å². The number of hydrogen-bond acceptors (Lipinski definition) is 2. The van der Waals surface area contributed by atoms with Crippen LogP contribution in [0.5, 0.6) is 0 Å². The third kappa shape index (κ3) is 2.98. The van der Waals surface area contributed by atoms with Crippen LogP contribution in [0.2, 0.25) is 0 Å². The van der Waals surface area contributed by atoms with E-state index in [1.807, 2.05) is 13.1 Å². The first-order valence-corrected chi connectivity index (χ1v) is 6.26. The lowest BCUT2D eigenvalue weighted by molar-refractivity contribution is -0.134. The van der Waals surface area contributed by atoms with Gasteiger partial charge in [0.05, 0.1) is 6.07 Å². The van der Waals surface area contributed by atoms with Crippen LogP contribution < -0.4 is 0 Å². The molecule has 0 radical (unpaired) electrons. The zero-order valence-electron chi connectivity index (χ0n) is 10.6. The van der Waals surface area contributed by atoms with Gasteiger partial charge in [0.25, 0.3) is 0 Å². The molecule has 16 heavy (non-hydrogen) atoms. The van der Waals surface area contributed by atoms with E-state index >= 15 is 0 Å². The summed E-state index contributed by atoms with van der Waals surface area (Å²) in [7, 11) is 1.84. The first-order chi connectivity index (χ1) is 7.60. The minimum Gasteiger partial charge on any atom is -0.342 e. The second-order valence-electron chi connectivity index (χ2n) is 4.88. The highest BCUT2D eigenvalue weighted by molar-refractivity contribution is 5.80. The Bertz CT molecular complexity index is 274. The highest BCUT2D eigenvalue weighted by atomic mass is 16.2. The molecule has 1 fully saturated rings. The van der Waals surface area contributed by atoms with Crippen LogP contribution in [0.3, 0.4) is 0 Å². The third-order valence-electron chi connectivity index (χ3n) is 3.85. The molecule has 0 aromatic carbocycles. The molecule has 3 heteroatoms. The summed E-state index contributed by atoms with van der Waals surface area (Å²) < 4.78 is 0. The van der Waals surface area contributed by atoms with Crippen LogP contribution in [0, 0.1) is 23.2 Å². The van der Waals surface area contributed by atoms with Crippen LogP contribution in [0.4, 0.5) is 0 Å². The van der Waals surface area contributed by atoms with Crippen LogP contribution in [0.25, 0.3) is 0 Å². The summed E-state index contributed by atoms with van der Waals surface area (Å²) in [6.45, 7) is 3.91. The van der Waals surface area contributed by atoms with Gasteiger partial charge < -0.3 is 4.90 Å². The molecule has 90 valence electrons. The number of nitrogens with zero attached hydrogens (tertiary/aromatic N) is 2. The van der Waals surface area contributed by atoms with Gasteiger partial charge in [-0.05, 0) is 38.5 Å². The third-order valence-corrected chi connectivity index (χ3v) is 3.85. The van der Waals surface area contributed by atoms with E-state index in [1.54, 1.807) is 11.8 Å². The maximum Gasteiger partial charge on any atom is 0.239 e. The van der Waals surface area contributed by atoms with Crippen molar-refractivity contribution in [1.82, 2.24) is 4.90 Å². The van der Waals surface area contributed by atoms with Crippen molar-refractivity contribution < 1.29 is 4.79 Å². The van der Waals surface area contributed by atoms with Crippen molar-refractivity contribution in [2.45, 2.75) is 52.0 Å². The number of rotatable bonds is 3. The van der Waals surface area contributed by atoms with Crippen molar-refractivity contribution in [3.8, 4) is 6.07 Å². The summed E-state index contributed by atoms with van der Waals surface area (Å²) in [6, 6.07) is 2.37. The molecule has 1 aliphatic carbocycles. The topological polar surface area (TPSA) is 44.1 Å². The molecule has 0 heterocycles. The van der Waals surface area contributed by atoms with E-state index in [1.165, 1.54) is 19.3 Å². The molecule has 1 atom stereocenters. The first kappa shape index (κ1) is 13.0. The molecule has 1 amide bonds. The fourth-order valence-corrected chi connectivity index (χ4v) is 2.48. The van der Waals surface area contributed by atoms with E-state index in [0.717, 1.165) is 18.8 Å². The van der Waals surface area contributed by atoms with Gasteiger partial charge in [-0.2, -0.15) is 5.26 Å². The van der Waals surface area contributed by atoms with E-state index in [0.29, 0.717) is 6.04 Å². The lowest BCUT2D eigenvalue weighted by atomic mass is 9.84. The molecule has 0 bridgehead atoms. The standard InChI is InChI=1S/C13H22N2O/c1-4-11-5-7-12(8-6-11)15(3)13(16)10(2)9-14/h10-12H,4-8H2,1-3H3. The van der Waals surface area contributed by atoms with E-state index in [4.69, 9.17) is 5.26 Å². The van der Waals surface area contributed by atoms with Crippen LogP contribution in [0.15, 0.2) is 0 Å². The largest absolute Gasteiger partial charge is 0.342 e. The maximum absolute atomic E-state index is 11.8. The van der Waals surface area contributed by atoms with Gasteiger partial charge in [-0.1, -0.05) is 13.3 Å². The molecular weight excluding hydrogens is 200 g/mol. The van der Waals surface area contributed by atoms with Crippen molar-refractivity contribution in [1.29, 1.82) is 5.26 Å². The van der Waals surface area contributed by atoms with Gasteiger partial charge in [0.15, 0.2) is 0 Å². The zero-order chi connectivity index (χ0) is 12.1. The molecule has 1 aliphatic rings. The minimum atomic E-state index is -0.506. The van der Waals surface area contributed by atoms with Crippen molar-refractivity contribution in [2.24, 2.45) is 11.8 Å². The van der Waals surface area contributed by atoms with Gasteiger partial charge in [0.1, 0.15) is 5.92 Å². The van der Waals surface area contributed by atoms with Crippen LogP contribution in [-0.2, 0) is 4.79 Å². The molecule has 0 aromatic rings. The number of carbonyl (C=O) groups excluding carboxylic acids is 1. The van der Waals surface area contributed by atoms with Gasteiger partial charge in [0.2, 0.25) is 5.91 Å². The SMILES string of the molecule is CCC1CCC(N(C)C(=O)C(C)C#N)CC1. The molecular formula is C13H22N2O. The highest BCUT2D eigenvalue weighted by Gasteiger charge is 2.27. The summed E-state index contributed by atoms with van der Waals surface area (Å²) in [6.07, 6.45) is 5.89. The van der Waals surface area contributed by atoms with E-state index in [9.17, 15) is 4.79 Å². The summed E-state index contributed by atoms with van der Waals surface area (Å²) in [5.74, 6) is 0.310. The summed E-state index contributed by atoms with van der Waals surface area (Å²) >= 11 is 0. The fourth-order valence-electron chi connectivity index (χ4n) is 2.48. The van der Waals surface area contributed by atoms with E-state index < -0.39 is 5.92 Å². The van der Waals surface area contributed by atoms with Crippen LogP contribution >= 0.6 is 0 Å². The zero-order valence-corrected chi connectivity index (χ0v) is 10.6. The van der Waals surface area contributed by atoms with Gasteiger partial charge >= 0.3 is 0 Å². The number of nitriles is 1. The lowest BCUT2D eigenvalue weighted by Crippen LogP contribution is -2.41. The molecule has 0 aromatic heterocycles. The minimum absolute atomic E-state index is 0.0255. The molecule has 1 unspecified atom stereocenters. The average molecular weight is 222 g/mol. The van der Waals surface area contributed by atoms with Crippen molar-refractivity contribution in [3.63, 3.8) is 0 Å². The normalized spacial score (nSPS) is 26.9. The molecule has 0 spiro atoms. The Balaban J connectivity index is 2.47. The summed E-state index contributed by atoms with van der Waals surface area (Å²) in [5, 5.41) is 8.74. The smallest absolute Gasteiger partial charge is 0.239 e. The molecule has 1 saturated carbocycles. The van der Waals surface area contributed by atoms with Crippen molar-refractivity contribution in [3.05, 3.63) is 0 Å². The Morgan fingerprint density at radius 2 is 2.00 bits per heavy atom. The first-order valence-electron chi connectivity index (χ1n) is 6.26. The van der Waals surface area contributed by atoms with Gasteiger partial charge in [-0.25, -0.2) is 0 Å². The average Bonchev–Trinajstić information content (AvgIpc) is 2.36. The Morgan fingerprint density at radius 3 is 2.44 bits per heavy atom. The van der Waals surface area contributed by atoms with Gasteiger partial charge in [-0.3, -0.25) is 4.79 Å². The molecule has 0 N–H and O–H groups in total. The predicted octanol–water partition coefficient (Wildman–Crippen LogP) is 2.57. The fraction of sp³-hybridized carbons (Fsp3) is 0.846. The highest BCUT2D eigenvalue weighted by Crippen LogP contribution is 2.29. The molecule has 0 aliphatic heterocycles. The molecule has 0 saturated heterocycles.